The van der Waals surface area contributed by atoms with Crippen LogP contribution in [0.3, 0.4) is 0 Å². The minimum Gasteiger partial charge on any atom is -0.478 e. The third-order valence-electron chi connectivity index (χ3n) is 3.23. The summed E-state index contributed by atoms with van der Waals surface area (Å²) in [5.41, 5.74) is 8.20. The lowest BCUT2D eigenvalue weighted by molar-refractivity contribution is 0.0698. The number of carboxylic acids is 1. The van der Waals surface area contributed by atoms with E-state index in [1.807, 2.05) is 6.92 Å². The molecule has 0 spiro atoms. The molecule has 0 amide bonds. The van der Waals surface area contributed by atoms with E-state index in [0.29, 0.717) is 11.4 Å². The highest BCUT2D eigenvalue weighted by molar-refractivity contribution is 7.12. The van der Waals surface area contributed by atoms with E-state index in [2.05, 4.69) is 25.2 Å². The van der Waals surface area contributed by atoms with Crippen molar-refractivity contribution in [3.05, 3.63) is 45.1 Å². The second-order valence-corrected chi connectivity index (χ2v) is 6.27. The topological polar surface area (TPSA) is 75.3 Å². The fraction of sp³-hybridized carbons (Fsp3) is 0.267. The number of hydrogen-bond acceptors (Lipinski definition) is 4. The van der Waals surface area contributed by atoms with Crippen LogP contribution >= 0.6 is 11.3 Å². The maximum absolute atomic E-state index is 11.3. The highest BCUT2D eigenvalue weighted by Gasteiger charge is 2.17. The van der Waals surface area contributed by atoms with Crippen LogP contribution in [0, 0.1) is 13.8 Å². The first-order valence-electron chi connectivity index (χ1n) is 6.35. The summed E-state index contributed by atoms with van der Waals surface area (Å²) in [7, 11) is 0. The molecular weight excluding hydrogens is 272 g/mol. The molecule has 1 heterocycles. The van der Waals surface area contributed by atoms with Crippen molar-refractivity contribution in [1.29, 1.82) is 0 Å². The van der Waals surface area contributed by atoms with Crippen molar-refractivity contribution >= 4 is 28.7 Å². The Morgan fingerprint density at radius 3 is 2.65 bits per heavy atom. The molecule has 0 bridgehead atoms. The van der Waals surface area contributed by atoms with Crippen LogP contribution < -0.4 is 11.1 Å². The Labute approximate surface area is 122 Å². The predicted octanol–water partition coefficient (Wildman–Crippen LogP) is 3.82. The van der Waals surface area contributed by atoms with Crippen molar-refractivity contribution in [2.45, 2.75) is 26.8 Å². The van der Waals surface area contributed by atoms with Crippen LogP contribution in [0.2, 0.25) is 0 Å². The highest BCUT2D eigenvalue weighted by atomic mass is 32.1. The van der Waals surface area contributed by atoms with E-state index < -0.39 is 5.97 Å². The first-order valence-corrected chi connectivity index (χ1v) is 7.17. The molecule has 0 aliphatic rings. The van der Waals surface area contributed by atoms with Gasteiger partial charge in [-0.2, -0.15) is 0 Å². The Hall–Kier alpha value is -2.01. The number of rotatable bonds is 4. The number of para-hydroxylation sites is 1. The lowest BCUT2D eigenvalue weighted by atomic mass is 10.1. The molecule has 2 rings (SSSR count). The van der Waals surface area contributed by atoms with Crippen molar-refractivity contribution in [3.8, 4) is 0 Å². The molecule has 1 aromatic carbocycles. The van der Waals surface area contributed by atoms with Crippen molar-refractivity contribution in [1.82, 2.24) is 0 Å². The number of benzene rings is 1. The molecule has 1 unspecified atom stereocenters. The Morgan fingerprint density at radius 1 is 1.40 bits per heavy atom. The van der Waals surface area contributed by atoms with Gasteiger partial charge in [-0.1, -0.05) is 6.07 Å². The molecule has 0 radical (unpaired) electrons. The van der Waals surface area contributed by atoms with Gasteiger partial charge in [-0.05, 0) is 44.5 Å². The summed E-state index contributed by atoms with van der Waals surface area (Å²) in [6.07, 6.45) is 0. The number of carboxylic acid groups (broad SMARTS) is 1. The standard InChI is InChI=1S/C15H18N2O2S/c1-8-7-12(10(3)20-8)9(2)17-14-11(15(18)19)5-4-6-13(14)16/h4-7,9,17H,16H2,1-3H3,(H,18,19). The van der Waals surface area contributed by atoms with Crippen LogP contribution in [0.25, 0.3) is 0 Å². The second kappa shape index (κ2) is 5.54. The zero-order valence-electron chi connectivity index (χ0n) is 11.7. The highest BCUT2D eigenvalue weighted by Crippen LogP contribution is 2.32. The summed E-state index contributed by atoms with van der Waals surface area (Å²) in [4.78, 5) is 13.7. The molecule has 0 aliphatic carbocycles. The first kappa shape index (κ1) is 14.4. The van der Waals surface area contributed by atoms with E-state index in [1.54, 1.807) is 29.5 Å². The zero-order chi connectivity index (χ0) is 14.9. The molecular formula is C15H18N2O2S. The van der Waals surface area contributed by atoms with E-state index >= 15 is 0 Å². The van der Waals surface area contributed by atoms with Gasteiger partial charge in [-0.15, -0.1) is 11.3 Å². The minimum atomic E-state index is -0.981. The molecule has 106 valence electrons. The quantitative estimate of drug-likeness (QED) is 0.748. The Kier molecular flexibility index (Phi) is 3.99. The molecule has 2 aromatic rings. The lowest BCUT2D eigenvalue weighted by Crippen LogP contribution is -2.12. The Bertz CT molecular complexity index is 649. The summed E-state index contributed by atoms with van der Waals surface area (Å²) < 4.78 is 0. The molecule has 4 N–H and O–H groups in total. The van der Waals surface area contributed by atoms with Gasteiger partial charge in [0.15, 0.2) is 0 Å². The molecule has 4 nitrogen and oxygen atoms in total. The van der Waals surface area contributed by atoms with Crippen molar-refractivity contribution in [2.75, 3.05) is 11.1 Å². The number of thiophene rings is 1. The number of aromatic carboxylic acids is 1. The normalized spacial score (nSPS) is 12.2. The number of hydrogen-bond donors (Lipinski definition) is 3. The van der Waals surface area contributed by atoms with Crippen LogP contribution in [0.15, 0.2) is 24.3 Å². The van der Waals surface area contributed by atoms with Crippen LogP contribution in [-0.2, 0) is 0 Å². The monoisotopic (exact) mass is 290 g/mol. The van der Waals surface area contributed by atoms with E-state index in [0.717, 1.165) is 0 Å². The van der Waals surface area contributed by atoms with Crippen molar-refractivity contribution in [2.24, 2.45) is 0 Å². The van der Waals surface area contributed by atoms with Gasteiger partial charge in [0.25, 0.3) is 0 Å². The fourth-order valence-electron chi connectivity index (χ4n) is 2.28. The summed E-state index contributed by atoms with van der Waals surface area (Å²) in [5.74, 6) is -0.981. The van der Waals surface area contributed by atoms with Gasteiger partial charge in [0.05, 0.1) is 16.9 Å². The third kappa shape index (κ3) is 2.77. The minimum absolute atomic E-state index is 0.00255. The number of nitrogens with two attached hydrogens (primary N) is 1. The summed E-state index contributed by atoms with van der Waals surface area (Å²) >= 11 is 1.74. The fourth-order valence-corrected chi connectivity index (χ4v) is 3.31. The number of carbonyl (C=O) groups is 1. The summed E-state index contributed by atoms with van der Waals surface area (Å²) in [6, 6.07) is 7.03. The maximum Gasteiger partial charge on any atom is 0.337 e. The van der Waals surface area contributed by atoms with Crippen LogP contribution in [-0.4, -0.2) is 11.1 Å². The molecule has 0 saturated heterocycles. The largest absolute Gasteiger partial charge is 0.478 e. The number of aryl methyl sites for hydroxylation is 2. The number of nitrogen functional groups attached to an aromatic ring is 1. The molecule has 0 aliphatic heterocycles. The van der Waals surface area contributed by atoms with Gasteiger partial charge < -0.3 is 16.2 Å². The third-order valence-corrected chi connectivity index (χ3v) is 4.22. The van der Waals surface area contributed by atoms with Crippen LogP contribution in [0.1, 0.15) is 38.6 Å². The zero-order valence-corrected chi connectivity index (χ0v) is 12.5. The predicted molar refractivity (Wildman–Crippen MR) is 83.6 cm³/mol. The van der Waals surface area contributed by atoms with E-state index in [1.165, 1.54) is 15.3 Å². The van der Waals surface area contributed by atoms with Gasteiger partial charge in [0, 0.05) is 15.8 Å². The average Bonchev–Trinajstić information content (AvgIpc) is 2.70. The number of anilines is 2. The maximum atomic E-state index is 11.3. The van der Waals surface area contributed by atoms with Gasteiger partial charge in [0.2, 0.25) is 0 Å². The summed E-state index contributed by atoms with van der Waals surface area (Å²) in [6.45, 7) is 6.14. The van der Waals surface area contributed by atoms with Crippen molar-refractivity contribution in [3.63, 3.8) is 0 Å². The van der Waals surface area contributed by atoms with Gasteiger partial charge in [-0.25, -0.2) is 4.79 Å². The van der Waals surface area contributed by atoms with Gasteiger partial charge in [-0.3, -0.25) is 0 Å². The Balaban J connectivity index is 2.35. The molecule has 20 heavy (non-hydrogen) atoms. The van der Waals surface area contributed by atoms with E-state index in [-0.39, 0.29) is 11.6 Å². The first-order chi connectivity index (χ1) is 9.40. The molecule has 0 fully saturated rings. The van der Waals surface area contributed by atoms with Crippen molar-refractivity contribution < 1.29 is 9.90 Å². The SMILES string of the molecule is Cc1cc(C(C)Nc2c(N)cccc2C(=O)O)c(C)s1. The smallest absolute Gasteiger partial charge is 0.337 e. The van der Waals surface area contributed by atoms with E-state index in [9.17, 15) is 9.90 Å². The average molecular weight is 290 g/mol. The molecule has 1 atom stereocenters. The summed E-state index contributed by atoms with van der Waals surface area (Å²) in [5, 5.41) is 12.5. The molecule has 1 aromatic heterocycles. The number of nitrogens with one attached hydrogen (secondary N) is 1. The second-order valence-electron chi connectivity index (χ2n) is 4.81. The molecule has 5 heteroatoms. The van der Waals surface area contributed by atoms with Crippen LogP contribution in [0.4, 0.5) is 11.4 Å². The van der Waals surface area contributed by atoms with Gasteiger partial charge >= 0.3 is 5.97 Å². The Morgan fingerprint density at radius 2 is 2.10 bits per heavy atom. The van der Waals surface area contributed by atoms with Crippen LogP contribution in [0.5, 0.6) is 0 Å². The molecule has 0 saturated carbocycles. The lowest BCUT2D eigenvalue weighted by Gasteiger charge is -2.18. The van der Waals surface area contributed by atoms with E-state index in [4.69, 9.17) is 5.73 Å². The van der Waals surface area contributed by atoms with Gasteiger partial charge in [0.1, 0.15) is 0 Å².